The highest BCUT2D eigenvalue weighted by molar-refractivity contribution is 6.00. The van der Waals surface area contributed by atoms with Crippen molar-refractivity contribution < 1.29 is 11.0 Å². The molecule has 2 aromatic rings. The SMILES string of the molecule is CCC(C)c1ccc2c(c1)n(C)c(=O)n2C1CCC(=O)NC1=O.[HH]. The molecule has 0 aliphatic carbocycles. The van der Waals surface area contributed by atoms with Crippen LogP contribution in [0.15, 0.2) is 23.0 Å². The third-order valence-corrected chi connectivity index (χ3v) is 4.82. The van der Waals surface area contributed by atoms with Gasteiger partial charge in [0.1, 0.15) is 6.04 Å². The molecule has 0 bridgehead atoms. The van der Waals surface area contributed by atoms with Crippen LogP contribution in [0.1, 0.15) is 52.1 Å². The summed E-state index contributed by atoms with van der Waals surface area (Å²) in [4.78, 5) is 36.1. The first kappa shape index (κ1) is 15.5. The Morgan fingerprint density at radius 3 is 2.70 bits per heavy atom. The number of imide groups is 1. The first-order valence-corrected chi connectivity index (χ1v) is 7.98. The molecule has 23 heavy (non-hydrogen) atoms. The van der Waals surface area contributed by atoms with E-state index in [0.717, 1.165) is 17.5 Å². The van der Waals surface area contributed by atoms with Crippen LogP contribution in [-0.4, -0.2) is 20.9 Å². The van der Waals surface area contributed by atoms with E-state index < -0.39 is 11.9 Å². The maximum Gasteiger partial charge on any atom is 0.329 e. The molecule has 1 aliphatic heterocycles. The van der Waals surface area contributed by atoms with E-state index in [1.54, 1.807) is 11.6 Å². The Morgan fingerprint density at radius 1 is 1.30 bits per heavy atom. The van der Waals surface area contributed by atoms with E-state index in [2.05, 4.69) is 19.2 Å². The van der Waals surface area contributed by atoms with Crippen molar-refractivity contribution in [3.8, 4) is 0 Å². The Kier molecular flexibility index (Phi) is 3.83. The highest BCUT2D eigenvalue weighted by Gasteiger charge is 2.31. The van der Waals surface area contributed by atoms with Gasteiger partial charge >= 0.3 is 5.69 Å². The summed E-state index contributed by atoms with van der Waals surface area (Å²) in [5, 5.41) is 2.32. The number of amides is 2. The van der Waals surface area contributed by atoms with Crippen molar-refractivity contribution in [2.24, 2.45) is 7.05 Å². The lowest BCUT2D eigenvalue weighted by atomic mass is 9.98. The molecule has 2 amide bonds. The number of rotatable bonds is 3. The Labute approximate surface area is 135 Å². The maximum absolute atomic E-state index is 12.6. The summed E-state index contributed by atoms with van der Waals surface area (Å²) in [6, 6.07) is 5.31. The second kappa shape index (κ2) is 5.68. The number of carbonyl (C=O) groups excluding carboxylic acids is 2. The maximum atomic E-state index is 12.6. The van der Waals surface area contributed by atoms with Gasteiger partial charge in [0.25, 0.3) is 0 Å². The van der Waals surface area contributed by atoms with Crippen molar-refractivity contribution in [1.82, 2.24) is 14.5 Å². The second-order valence-electron chi connectivity index (χ2n) is 6.24. The summed E-state index contributed by atoms with van der Waals surface area (Å²) >= 11 is 0. The number of carbonyl (C=O) groups is 2. The van der Waals surface area contributed by atoms with Crippen LogP contribution in [0.4, 0.5) is 0 Å². The van der Waals surface area contributed by atoms with Gasteiger partial charge in [0.2, 0.25) is 11.8 Å². The Hall–Kier alpha value is -2.37. The summed E-state index contributed by atoms with van der Waals surface area (Å²) in [7, 11) is 1.72. The van der Waals surface area contributed by atoms with Gasteiger partial charge < -0.3 is 0 Å². The van der Waals surface area contributed by atoms with E-state index in [-0.39, 0.29) is 19.4 Å². The number of nitrogens with zero attached hydrogens (tertiary/aromatic N) is 2. The fourth-order valence-corrected chi connectivity index (χ4v) is 3.15. The molecule has 1 aromatic carbocycles. The quantitative estimate of drug-likeness (QED) is 0.881. The van der Waals surface area contributed by atoms with Crippen molar-refractivity contribution in [3.63, 3.8) is 0 Å². The molecule has 6 nitrogen and oxygen atoms in total. The van der Waals surface area contributed by atoms with E-state index in [9.17, 15) is 14.4 Å². The van der Waals surface area contributed by atoms with Crippen molar-refractivity contribution >= 4 is 22.8 Å². The molecule has 0 spiro atoms. The third-order valence-electron chi connectivity index (χ3n) is 4.82. The van der Waals surface area contributed by atoms with Crippen LogP contribution in [0.2, 0.25) is 0 Å². The van der Waals surface area contributed by atoms with E-state index in [1.165, 1.54) is 10.1 Å². The standard InChI is InChI=1S/C17H21N3O3.H2/c1-4-10(2)11-5-6-12-14(9-11)19(3)17(23)20(12)13-7-8-15(21)18-16(13)22;/h5-6,9-10,13H,4,7-8H2,1-3H3,(H,18,21,22);1H. The van der Waals surface area contributed by atoms with Gasteiger partial charge in [0.15, 0.2) is 0 Å². The molecular formula is C17H23N3O3. The van der Waals surface area contributed by atoms with E-state index in [1.807, 2.05) is 18.2 Å². The molecule has 2 atom stereocenters. The van der Waals surface area contributed by atoms with Crippen LogP contribution in [0, 0.1) is 0 Å². The lowest BCUT2D eigenvalue weighted by Gasteiger charge is -2.22. The van der Waals surface area contributed by atoms with Crippen molar-refractivity contribution in [2.75, 3.05) is 0 Å². The van der Waals surface area contributed by atoms with Gasteiger partial charge in [-0.15, -0.1) is 0 Å². The number of benzene rings is 1. The molecule has 0 saturated carbocycles. The molecular weight excluding hydrogens is 294 g/mol. The average Bonchev–Trinajstić information content (AvgIpc) is 2.78. The zero-order valence-corrected chi connectivity index (χ0v) is 13.6. The lowest BCUT2D eigenvalue weighted by Crippen LogP contribution is -2.44. The molecule has 1 N–H and O–H groups in total. The second-order valence-corrected chi connectivity index (χ2v) is 6.24. The van der Waals surface area contributed by atoms with Gasteiger partial charge in [-0.25, -0.2) is 4.79 Å². The number of piperidine rings is 1. The van der Waals surface area contributed by atoms with Crippen LogP contribution in [0.5, 0.6) is 0 Å². The minimum absolute atomic E-state index is 0. The van der Waals surface area contributed by atoms with Gasteiger partial charge in [0.05, 0.1) is 11.0 Å². The molecule has 2 unspecified atom stereocenters. The lowest BCUT2D eigenvalue weighted by molar-refractivity contribution is -0.135. The Morgan fingerprint density at radius 2 is 2.04 bits per heavy atom. The highest BCUT2D eigenvalue weighted by atomic mass is 16.2. The molecule has 2 heterocycles. The van der Waals surface area contributed by atoms with E-state index in [4.69, 9.17) is 0 Å². The zero-order chi connectivity index (χ0) is 16.7. The summed E-state index contributed by atoms with van der Waals surface area (Å²) < 4.78 is 3.09. The van der Waals surface area contributed by atoms with Crippen molar-refractivity contribution in [3.05, 3.63) is 34.2 Å². The minimum atomic E-state index is -0.627. The summed E-state index contributed by atoms with van der Waals surface area (Å²) in [5.41, 5.74) is 2.50. The number of fused-ring (bicyclic) bond motifs is 1. The monoisotopic (exact) mass is 317 g/mol. The van der Waals surface area contributed by atoms with Gasteiger partial charge in [-0.3, -0.25) is 24.0 Å². The average molecular weight is 317 g/mol. The van der Waals surface area contributed by atoms with Crippen LogP contribution in [-0.2, 0) is 16.6 Å². The molecule has 6 heteroatoms. The van der Waals surface area contributed by atoms with Crippen molar-refractivity contribution in [2.45, 2.75) is 45.1 Å². The van der Waals surface area contributed by atoms with Crippen LogP contribution in [0.3, 0.4) is 0 Å². The highest BCUT2D eigenvalue weighted by Crippen LogP contribution is 2.26. The molecule has 124 valence electrons. The first-order valence-electron chi connectivity index (χ1n) is 7.98. The summed E-state index contributed by atoms with van der Waals surface area (Å²) in [6.45, 7) is 4.28. The van der Waals surface area contributed by atoms with Gasteiger partial charge in [-0.2, -0.15) is 0 Å². The number of hydrogen-bond donors (Lipinski definition) is 1. The third kappa shape index (κ3) is 2.48. The van der Waals surface area contributed by atoms with Crippen LogP contribution < -0.4 is 11.0 Å². The predicted octanol–water partition coefficient (Wildman–Crippen LogP) is 2.08. The smallest absolute Gasteiger partial charge is 0.295 e. The molecule has 0 radical (unpaired) electrons. The summed E-state index contributed by atoms with van der Waals surface area (Å²) in [6.07, 6.45) is 1.63. The molecule has 1 fully saturated rings. The van der Waals surface area contributed by atoms with Crippen LogP contribution in [0.25, 0.3) is 11.0 Å². The number of nitrogens with one attached hydrogen (secondary N) is 1. The molecule has 1 aliphatic rings. The largest absolute Gasteiger partial charge is 0.329 e. The predicted molar refractivity (Wildman–Crippen MR) is 89.4 cm³/mol. The summed E-state index contributed by atoms with van der Waals surface area (Å²) in [5.74, 6) is -0.270. The fraction of sp³-hybridized carbons (Fsp3) is 0.471. The number of imidazole rings is 1. The minimum Gasteiger partial charge on any atom is -0.295 e. The normalized spacial score (nSPS) is 19.9. The molecule has 1 saturated heterocycles. The fourth-order valence-electron chi connectivity index (χ4n) is 3.15. The molecule has 3 rings (SSSR count). The Bertz CT molecular complexity index is 853. The number of hydrogen-bond acceptors (Lipinski definition) is 3. The molecule has 1 aromatic heterocycles. The Balaban J connectivity index is 0.00000208. The zero-order valence-electron chi connectivity index (χ0n) is 13.6. The van der Waals surface area contributed by atoms with Gasteiger partial charge in [-0.1, -0.05) is 19.9 Å². The number of aryl methyl sites for hydroxylation is 1. The van der Waals surface area contributed by atoms with Gasteiger partial charge in [-0.05, 0) is 36.5 Å². The van der Waals surface area contributed by atoms with Crippen LogP contribution >= 0.6 is 0 Å². The van der Waals surface area contributed by atoms with E-state index >= 15 is 0 Å². The van der Waals surface area contributed by atoms with E-state index in [0.29, 0.717) is 12.3 Å². The topological polar surface area (TPSA) is 73.1 Å². The number of aromatic nitrogens is 2. The first-order chi connectivity index (χ1) is 10.9. The van der Waals surface area contributed by atoms with Crippen molar-refractivity contribution in [1.29, 1.82) is 0 Å². The van der Waals surface area contributed by atoms with Gasteiger partial charge in [0, 0.05) is 14.9 Å².